The van der Waals surface area contributed by atoms with E-state index < -0.39 is 11.9 Å². The summed E-state index contributed by atoms with van der Waals surface area (Å²) in [4.78, 5) is 9.37. The van der Waals surface area contributed by atoms with Gasteiger partial charge in [0.1, 0.15) is 5.69 Å². The van der Waals surface area contributed by atoms with Gasteiger partial charge in [-0.2, -0.15) is 18.3 Å². The lowest BCUT2D eigenvalue weighted by atomic mass is 10.3. The van der Waals surface area contributed by atoms with Gasteiger partial charge >= 0.3 is 6.18 Å². The van der Waals surface area contributed by atoms with E-state index in [4.69, 9.17) is 4.74 Å². The van der Waals surface area contributed by atoms with E-state index in [-0.39, 0.29) is 12.1 Å². The zero-order valence-electron chi connectivity index (χ0n) is 12.3. The van der Waals surface area contributed by atoms with Gasteiger partial charge in [0.05, 0.1) is 12.6 Å². The molecule has 9 heteroatoms. The number of anilines is 1. The Kier molecular flexibility index (Phi) is 4.46. The van der Waals surface area contributed by atoms with Gasteiger partial charge in [-0.05, 0) is 18.6 Å². The first kappa shape index (κ1) is 15.7. The van der Waals surface area contributed by atoms with Crippen LogP contribution >= 0.6 is 0 Å². The molecule has 1 aliphatic rings. The number of hydrogen-bond donors (Lipinski definition) is 0. The van der Waals surface area contributed by atoms with Gasteiger partial charge in [-0.25, -0.2) is 9.97 Å². The average molecular weight is 327 g/mol. The van der Waals surface area contributed by atoms with E-state index in [1.54, 1.807) is 15.8 Å². The summed E-state index contributed by atoms with van der Waals surface area (Å²) in [5.74, 6) is 0.0794. The van der Waals surface area contributed by atoms with Gasteiger partial charge in [0, 0.05) is 38.3 Å². The number of hydrogen-bond acceptors (Lipinski definition) is 5. The molecular formula is C14H16F3N5O. The third-order valence-electron chi connectivity index (χ3n) is 3.52. The number of aromatic nitrogens is 4. The number of rotatable bonds is 3. The summed E-state index contributed by atoms with van der Waals surface area (Å²) in [7, 11) is 0. The first-order valence-corrected chi connectivity index (χ1v) is 7.26. The lowest BCUT2D eigenvalue weighted by Crippen LogP contribution is -2.35. The Balaban J connectivity index is 1.75. The fraction of sp³-hybridized carbons (Fsp3) is 0.500. The van der Waals surface area contributed by atoms with Gasteiger partial charge in [0.25, 0.3) is 0 Å². The molecule has 3 heterocycles. The molecule has 0 aromatic carbocycles. The maximum absolute atomic E-state index is 12.8. The Hall–Kier alpha value is -2.16. The molecule has 0 bridgehead atoms. The third-order valence-corrected chi connectivity index (χ3v) is 3.52. The highest BCUT2D eigenvalue weighted by Gasteiger charge is 2.33. The second-order valence-corrected chi connectivity index (χ2v) is 5.26. The number of halogens is 3. The van der Waals surface area contributed by atoms with Gasteiger partial charge in [0.2, 0.25) is 5.95 Å². The van der Waals surface area contributed by atoms with Gasteiger partial charge < -0.3 is 9.64 Å². The first-order chi connectivity index (χ1) is 11.0. The largest absolute Gasteiger partial charge is 0.433 e. The molecule has 0 amide bonds. The second-order valence-electron chi connectivity index (χ2n) is 5.26. The Bertz CT molecular complexity index is 632. The van der Waals surface area contributed by atoms with Crippen molar-refractivity contribution in [3.8, 4) is 0 Å². The van der Waals surface area contributed by atoms with E-state index in [9.17, 15) is 13.2 Å². The topological polar surface area (TPSA) is 56.1 Å². The molecule has 1 saturated heterocycles. The lowest BCUT2D eigenvalue weighted by molar-refractivity contribution is -0.141. The zero-order chi connectivity index (χ0) is 16.3. The Morgan fingerprint density at radius 2 is 2.17 bits per heavy atom. The maximum atomic E-state index is 12.8. The molecule has 1 atom stereocenters. The molecule has 0 aliphatic carbocycles. The van der Waals surface area contributed by atoms with Crippen LogP contribution in [0.2, 0.25) is 0 Å². The van der Waals surface area contributed by atoms with Gasteiger partial charge in [-0.15, -0.1) is 0 Å². The minimum atomic E-state index is -4.48. The second kappa shape index (κ2) is 6.53. The predicted molar refractivity (Wildman–Crippen MR) is 75.8 cm³/mol. The van der Waals surface area contributed by atoms with E-state index in [0.717, 1.165) is 12.3 Å². The van der Waals surface area contributed by atoms with E-state index in [2.05, 4.69) is 15.1 Å². The van der Waals surface area contributed by atoms with Crippen LogP contribution in [-0.4, -0.2) is 45.5 Å². The molecule has 1 aliphatic heterocycles. The molecule has 2 aromatic rings. The molecule has 23 heavy (non-hydrogen) atoms. The highest BCUT2D eigenvalue weighted by Crippen LogP contribution is 2.28. The van der Waals surface area contributed by atoms with Crippen LogP contribution in [0.4, 0.5) is 19.1 Å². The minimum Gasteiger partial charge on any atom is -0.374 e. The van der Waals surface area contributed by atoms with E-state index in [1.165, 1.54) is 0 Å². The molecule has 124 valence electrons. The van der Waals surface area contributed by atoms with Crippen LogP contribution in [0.3, 0.4) is 0 Å². The highest BCUT2D eigenvalue weighted by atomic mass is 19.4. The summed E-state index contributed by atoms with van der Waals surface area (Å²) in [5, 5.41) is 4.12. The van der Waals surface area contributed by atoms with Crippen LogP contribution in [-0.2, 0) is 17.5 Å². The third kappa shape index (κ3) is 3.98. The van der Waals surface area contributed by atoms with Crippen molar-refractivity contribution in [2.45, 2.75) is 25.2 Å². The number of alkyl halides is 3. The fourth-order valence-electron chi connectivity index (χ4n) is 2.46. The predicted octanol–water partition coefficient (Wildman–Crippen LogP) is 1.99. The summed E-state index contributed by atoms with van der Waals surface area (Å²) >= 11 is 0. The molecular weight excluding hydrogens is 311 g/mol. The molecule has 0 spiro atoms. The smallest absolute Gasteiger partial charge is 0.374 e. The standard InChI is InChI=1S/C14H16F3N5O/c15-14(16,17)12-3-5-18-13(20-12)21-6-2-8-23-11(9-21)10-22-7-1-4-19-22/h1,3-5,7,11H,2,6,8-10H2/t11-/m1/s1. The van der Waals surface area contributed by atoms with Crippen molar-refractivity contribution in [3.63, 3.8) is 0 Å². The number of nitrogens with zero attached hydrogens (tertiary/aromatic N) is 5. The Morgan fingerprint density at radius 3 is 2.91 bits per heavy atom. The fourth-order valence-corrected chi connectivity index (χ4v) is 2.46. The SMILES string of the molecule is FC(F)(F)c1ccnc(N2CCCO[C@@H](Cn3cccn3)C2)n1. The van der Waals surface area contributed by atoms with Crippen LogP contribution in [0.15, 0.2) is 30.7 Å². The minimum absolute atomic E-state index is 0.0794. The summed E-state index contributed by atoms with van der Waals surface area (Å²) in [6.07, 6.45) is 0.669. The van der Waals surface area contributed by atoms with Crippen molar-refractivity contribution < 1.29 is 17.9 Å². The van der Waals surface area contributed by atoms with Crippen LogP contribution < -0.4 is 4.90 Å². The Labute approximate surface area is 130 Å². The van der Waals surface area contributed by atoms with E-state index >= 15 is 0 Å². The van der Waals surface area contributed by atoms with E-state index in [1.807, 2.05) is 12.3 Å². The van der Waals surface area contributed by atoms with Gasteiger partial charge in [-0.3, -0.25) is 4.68 Å². The van der Waals surface area contributed by atoms with E-state index in [0.29, 0.717) is 32.7 Å². The van der Waals surface area contributed by atoms with Crippen LogP contribution in [0.5, 0.6) is 0 Å². The summed E-state index contributed by atoms with van der Waals surface area (Å²) in [5.41, 5.74) is -0.934. The highest BCUT2D eigenvalue weighted by molar-refractivity contribution is 5.31. The normalized spacial score (nSPS) is 19.6. The summed E-state index contributed by atoms with van der Waals surface area (Å²) in [6.45, 7) is 2.04. The molecule has 0 unspecified atom stereocenters. The van der Waals surface area contributed by atoms with Crippen LogP contribution in [0.25, 0.3) is 0 Å². The van der Waals surface area contributed by atoms with Crippen molar-refractivity contribution in [2.75, 3.05) is 24.6 Å². The molecule has 1 fully saturated rings. The van der Waals surface area contributed by atoms with Crippen molar-refractivity contribution in [3.05, 3.63) is 36.4 Å². The first-order valence-electron chi connectivity index (χ1n) is 7.26. The van der Waals surface area contributed by atoms with Gasteiger partial charge in [-0.1, -0.05) is 0 Å². The quantitative estimate of drug-likeness (QED) is 0.863. The van der Waals surface area contributed by atoms with Crippen LogP contribution in [0, 0.1) is 0 Å². The summed E-state index contributed by atoms with van der Waals surface area (Å²) in [6, 6.07) is 2.68. The van der Waals surface area contributed by atoms with Crippen molar-refractivity contribution in [1.29, 1.82) is 0 Å². The average Bonchev–Trinajstić information content (AvgIpc) is 2.91. The number of ether oxygens (including phenoxy) is 1. The lowest BCUT2D eigenvalue weighted by Gasteiger charge is -2.24. The zero-order valence-corrected chi connectivity index (χ0v) is 12.3. The van der Waals surface area contributed by atoms with Crippen LogP contribution in [0.1, 0.15) is 12.1 Å². The molecule has 0 N–H and O–H groups in total. The molecule has 3 rings (SSSR count). The molecule has 6 nitrogen and oxygen atoms in total. The molecule has 2 aromatic heterocycles. The van der Waals surface area contributed by atoms with Crippen molar-refractivity contribution in [1.82, 2.24) is 19.7 Å². The molecule has 0 saturated carbocycles. The monoisotopic (exact) mass is 327 g/mol. The van der Waals surface area contributed by atoms with Crippen molar-refractivity contribution in [2.24, 2.45) is 0 Å². The Morgan fingerprint density at radius 1 is 1.30 bits per heavy atom. The summed E-state index contributed by atoms with van der Waals surface area (Å²) < 4.78 is 45.9. The van der Waals surface area contributed by atoms with Crippen molar-refractivity contribution >= 4 is 5.95 Å². The maximum Gasteiger partial charge on any atom is 0.433 e. The molecule has 0 radical (unpaired) electrons. The van der Waals surface area contributed by atoms with Gasteiger partial charge in [0.15, 0.2) is 0 Å².